The van der Waals surface area contributed by atoms with Gasteiger partial charge in [0.15, 0.2) is 5.69 Å². The zero-order valence-electron chi connectivity index (χ0n) is 15.6. The second-order valence-corrected chi connectivity index (χ2v) is 6.41. The van der Waals surface area contributed by atoms with Gasteiger partial charge in [-0.2, -0.15) is 0 Å². The van der Waals surface area contributed by atoms with Crippen LogP contribution in [0.15, 0.2) is 67.3 Å². The van der Waals surface area contributed by atoms with Crippen molar-refractivity contribution in [3.05, 3.63) is 89.9 Å². The third-order valence-electron chi connectivity index (χ3n) is 4.40. The predicted molar refractivity (Wildman–Crippen MR) is 105 cm³/mol. The van der Waals surface area contributed by atoms with Gasteiger partial charge in [0, 0.05) is 36.9 Å². The Balaban J connectivity index is 1.73. The molecule has 1 amide bonds. The Kier molecular flexibility index (Phi) is 5.07. The molecule has 4 rings (SSSR count). The molecule has 0 unspecified atom stereocenters. The Labute approximate surface area is 166 Å². The molecule has 8 heteroatoms. The quantitative estimate of drug-likeness (QED) is 0.568. The molecule has 29 heavy (non-hydrogen) atoms. The van der Waals surface area contributed by atoms with Crippen LogP contribution >= 0.6 is 0 Å². The molecule has 0 saturated carbocycles. The average Bonchev–Trinajstić information content (AvgIpc) is 3.20. The van der Waals surface area contributed by atoms with Gasteiger partial charge < -0.3 is 5.32 Å². The summed E-state index contributed by atoms with van der Waals surface area (Å²) in [6.07, 6.45) is 6.60. The number of rotatable bonds is 5. The summed E-state index contributed by atoms with van der Waals surface area (Å²) < 4.78 is 15.2. The van der Waals surface area contributed by atoms with Gasteiger partial charge in [-0.1, -0.05) is 11.3 Å². The number of aryl methyl sites for hydroxylation is 1. The van der Waals surface area contributed by atoms with Crippen LogP contribution in [0.3, 0.4) is 0 Å². The molecule has 0 fully saturated rings. The lowest BCUT2D eigenvalue weighted by atomic mass is 10.1. The van der Waals surface area contributed by atoms with Crippen LogP contribution < -0.4 is 5.32 Å². The summed E-state index contributed by atoms with van der Waals surface area (Å²) in [5, 5.41) is 11.1. The molecule has 3 aromatic heterocycles. The first-order chi connectivity index (χ1) is 14.1. The fourth-order valence-corrected chi connectivity index (χ4v) is 2.91. The van der Waals surface area contributed by atoms with Crippen LogP contribution in [0.5, 0.6) is 0 Å². The van der Waals surface area contributed by atoms with E-state index in [0.717, 1.165) is 11.1 Å². The second-order valence-electron chi connectivity index (χ2n) is 6.41. The molecule has 0 bridgehead atoms. The number of aromatic nitrogens is 5. The molecule has 7 nitrogen and oxygen atoms in total. The summed E-state index contributed by atoms with van der Waals surface area (Å²) in [6, 6.07) is 11.8. The summed E-state index contributed by atoms with van der Waals surface area (Å²) >= 11 is 0. The highest BCUT2D eigenvalue weighted by atomic mass is 19.1. The molecule has 0 spiro atoms. The van der Waals surface area contributed by atoms with E-state index in [0.29, 0.717) is 23.5 Å². The second kappa shape index (κ2) is 7.97. The molecular formula is C21H17FN6O. The lowest BCUT2D eigenvalue weighted by Crippen LogP contribution is -2.24. The van der Waals surface area contributed by atoms with Gasteiger partial charge in [-0.25, -0.2) is 9.07 Å². The Morgan fingerprint density at radius 1 is 1.10 bits per heavy atom. The van der Waals surface area contributed by atoms with Gasteiger partial charge >= 0.3 is 0 Å². The molecule has 0 aliphatic heterocycles. The van der Waals surface area contributed by atoms with Crippen molar-refractivity contribution in [3.63, 3.8) is 0 Å². The fourth-order valence-electron chi connectivity index (χ4n) is 2.91. The highest BCUT2D eigenvalue weighted by Gasteiger charge is 2.22. The highest BCUT2D eigenvalue weighted by Crippen LogP contribution is 2.25. The van der Waals surface area contributed by atoms with Gasteiger partial charge in [0.05, 0.1) is 5.69 Å². The zero-order valence-corrected chi connectivity index (χ0v) is 15.6. The van der Waals surface area contributed by atoms with Crippen molar-refractivity contribution in [2.45, 2.75) is 13.5 Å². The summed E-state index contributed by atoms with van der Waals surface area (Å²) in [5.41, 5.74) is 3.34. The fraction of sp³-hybridized carbons (Fsp3) is 0.0952. The normalized spacial score (nSPS) is 10.7. The number of hydrogen-bond donors (Lipinski definition) is 1. The molecule has 0 radical (unpaired) electrons. The molecule has 0 aliphatic carbocycles. The van der Waals surface area contributed by atoms with E-state index in [1.165, 1.54) is 10.7 Å². The molecule has 144 valence electrons. The predicted octanol–water partition coefficient (Wildman–Crippen LogP) is 3.10. The SMILES string of the molecule is Cc1cc(-n2nnc(C(=O)NCc3cccnc3)c2-c2ccncc2)ccc1F. The standard InChI is InChI=1S/C21H17FN6O/c1-14-11-17(4-5-18(14)22)28-20(16-6-9-23-10-7-16)19(26-27-28)21(29)25-13-15-3-2-8-24-12-15/h2-12H,13H2,1H3,(H,25,29). The van der Waals surface area contributed by atoms with Crippen LogP contribution in [0.1, 0.15) is 21.6 Å². The maximum Gasteiger partial charge on any atom is 0.274 e. The number of carbonyl (C=O) groups excluding carboxylic acids is 1. The monoisotopic (exact) mass is 388 g/mol. The largest absolute Gasteiger partial charge is 0.346 e. The molecule has 0 atom stereocenters. The first kappa shape index (κ1) is 18.4. The van der Waals surface area contributed by atoms with Crippen molar-refractivity contribution >= 4 is 5.91 Å². The molecule has 0 saturated heterocycles. The van der Waals surface area contributed by atoms with E-state index in [1.54, 1.807) is 62.0 Å². The number of halogens is 1. The van der Waals surface area contributed by atoms with E-state index < -0.39 is 0 Å². The van der Waals surface area contributed by atoms with Crippen LogP contribution in [-0.2, 0) is 6.54 Å². The van der Waals surface area contributed by atoms with Crippen LogP contribution in [0, 0.1) is 12.7 Å². The minimum absolute atomic E-state index is 0.169. The molecule has 1 aromatic carbocycles. The Bertz CT molecular complexity index is 1140. The maximum absolute atomic E-state index is 13.7. The lowest BCUT2D eigenvalue weighted by Gasteiger charge is -2.10. The third kappa shape index (κ3) is 3.86. The van der Waals surface area contributed by atoms with Crippen LogP contribution in [-0.4, -0.2) is 30.9 Å². The number of benzene rings is 1. The molecule has 4 aromatic rings. The van der Waals surface area contributed by atoms with Gasteiger partial charge in [0.25, 0.3) is 5.91 Å². The minimum atomic E-state index is -0.370. The summed E-state index contributed by atoms with van der Waals surface area (Å²) in [4.78, 5) is 20.9. The van der Waals surface area contributed by atoms with Crippen molar-refractivity contribution in [1.29, 1.82) is 0 Å². The summed E-state index contributed by atoms with van der Waals surface area (Å²) in [7, 11) is 0. The first-order valence-corrected chi connectivity index (χ1v) is 8.93. The Morgan fingerprint density at radius 3 is 2.66 bits per heavy atom. The van der Waals surface area contributed by atoms with Crippen LogP contribution in [0.4, 0.5) is 4.39 Å². The van der Waals surface area contributed by atoms with Gasteiger partial charge in [0.2, 0.25) is 0 Å². The number of amides is 1. The van der Waals surface area contributed by atoms with Crippen molar-refractivity contribution in [2.75, 3.05) is 0 Å². The number of nitrogens with one attached hydrogen (secondary N) is 1. The van der Waals surface area contributed by atoms with Crippen molar-refractivity contribution in [2.24, 2.45) is 0 Å². The number of hydrogen-bond acceptors (Lipinski definition) is 5. The molecule has 1 N–H and O–H groups in total. The van der Waals surface area contributed by atoms with Gasteiger partial charge in [0.1, 0.15) is 11.5 Å². The van der Waals surface area contributed by atoms with E-state index in [-0.39, 0.29) is 17.4 Å². The zero-order chi connectivity index (χ0) is 20.2. The van der Waals surface area contributed by atoms with Crippen molar-refractivity contribution in [1.82, 2.24) is 30.3 Å². The average molecular weight is 388 g/mol. The van der Waals surface area contributed by atoms with Crippen molar-refractivity contribution in [3.8, 4) is 16.9 Å². The van der Waals surface area contributed by atoms with E-state index in [2.05, 4.69) is 25.6 Å². The molecule has 0 aliphatic rings. The lowest BCUT2D eigenvalue weighted by molar-refractivity contribution is 0.0946. The topological polar surface area (TPSA) is 85.6 Å². The van der Waals surface area contributed by atoms with E-state index >= 15 is 0 Å². The van der Waals surface area contributed by atoms with Gasteiger partial charge in [-0.3, -0.25) is 14.8 Å². The minimum Gasteiger partial charge on any atom is -0.346 e. The molecule has 3 heterocycles. The molecular weight excluding hydrogens is 371 g/mol. The summed E-state index contributed by atoms with van der Waals surface area (Å²) in [6.45, 7) is 1.98. The van der Waals surface area contributed by atoms with Crippen LogP contribution in [0.2, 0.25) is 0 Å². The maximum atomic E-state index is 13.7. The van der Waals surface area contributed by atoms with Gasteiger partial charge in [-0.15, -0.1) is 5.10 Å². The number of nitrogens with zero attached hydrogens (tertiary/aromatic N) is 5. The van der Waals surface area contributed by atoms with E-state index in [9.17, 15) is 9.18 Å². The van der Waals surface area contributed by atoms with Crippen molar-refractivity contribution < 1.29 is 9.18 Å². The number of pyridine rings is 2. The Morgan fingerprint density at radius 2 is 1.93 bits per heavy atom. The third-order valence-corrected chi connectivity index (χ3v) is 4.40. The number of carbonyl (C=O) groups is 1. The Hall–Kier alpha value is -3.94. The first-order valence-electron chi connectivity index (χ1n) is 8.93. The highest BCUT2D eigenvalue weighted by molar-refractivity contribution is 5.98. The van der Waals surface area contributed by atoms with E-state index in [4.69, 9.17) is 0 Å². The smallest absolute Gasteiger partial charge is 0.274 e. The summed E-state index contributed by atoms with van der Waals surface area (Å²) in [5.74, 6) is -0.681. The van der Waals surface area contributed by atoms with Crippen LogP contribution in [0.25, 0.3) is 16.9 Å². The van der Waals surface area contributed by atoms with Gasteiger partial charge in [-0.05, 0) is 54.4 Å². The van der Waals surface area contributed by atoms with E-state index in [1.807, 2.05) is 6.07 Å².